The molecule has 0 saturated heterocycles. The van der Waals surface area contributed by atoms with Crippen molar-refractivity contribution in [2.75, 3.05) is 27.2 Å². The van der Waals surface area contributed by atoms with Crippen LogP contribution < -0.4 is 5.32 Å². The second-order valence-corrected chi connectivity index (χ2v) is 6.69. The van der Waals surface area contributed by atoms with Crippen molar-refractivity contribution in [1.29, 1.82) is 0 Å². The molecule has 0 radical (unpaired) electrons. The number of benzene rings is 1. The number of nitrogens with one attached hydrogen (secondary N) is 1. The number of aryl methyl sites for hydroxylation is 1. The summed E-state index contributed by atoms with van der Waals surface area (Å²) in [6.45, 7) is 15.3. The van der Waals surface area contributed by atoms with Gasteiger partial charge in [0, 0.05) is 22.0 Å². The van der Waals surface area contributed by atoms with Crippen LogP contribution >= 0.6 is 22.9 Å². The van der Waals surface area contributed by atoms with E-state index >= 15 is 0 Å². The summed E-state index contributed by atoms with van der Waals surface area (Å²) >= 11 is 7.22. The molecule has 154 valence electrons. The van der Waals surface area contributed by atoms with Gasteiger partial charge in [-0.2, -0.15) is 0 Å². The molecule has 0 saturated carbocycles. The summed E-state index contributed by atoms with van der Waals surface area (Å²) in [6, 6.07) is 4.65. The Labute approximate surface area is 172 Å². The predicted octanol–water partition coefficient (Wildman–Crippen LogP) is 5.43. The number of halogens is 2. The molecule has 0 amide bonds. The van der Waals surface area contributed by atoms with Gasteiger partial charge in [-0.25, -0.2) is 9.37 Å². The van der Waals surface area contributed by atoms with Crippen LogP contribution in [-0.4, -0.2) is 43.9 Å². The molecule has 0 spiro atoms. The van der Waals surface area contributed by atoms with Gasteiger partial charge in [-0.3, -0.25) is 0 Å². The Balaban J connectivity index is 0. The first-order chi connectivity index (χ1) is 12.9. The fourth-order valence-electron chi connectivity index (χ4n) is 1.75. The zero-order chi connectivity index (χ0) is 21.4. The van der Waals surface area contributed by atoms with Crippen molar-refractivity contribution in [2.24, 2.45) is 0 Å². The summed E-state index contributed by atoms with van der Waals surface area (Å²) in [4.78, 5) is 15.8. The van der Waals surface area contributed by atoms with E-state index in [0.29, 0.717) is 15.6 Å². The smallest absolute Gasteiger partial charge is 0.134 e. The average molecular weight is 418 g/mol. The minimum Gasteiger partial charge on any atom is -0.315 e. The summed E-state index contributed by atoms with van der Waals surface area (Å²) in [5, 5.41) is 4.16. The molecule has 0 fully saturated rings. The van der Waals surface area contributed by atoms with Crippen LogP contribution in [0.3, 0.4) is 0 Å². The van der Waals surface area contributed by atoms with E-state index in [1.165, 1.54) is 17.4 Å². The van der Waals surface area contributed by atoms with Crippen molar-refractivity contribution >= 4 is 29.7 Å². The minimum atomic E-state index is -0.331. The maximum Gasteiger partial charge on any atom is 0.134 e. The molecule has 0 aliphatic carbocycles. The molecule has 2 aromatic rings. The zero-order valence-electron chi connectivity index (χ0n) is 17.5. The maximum absolute atomic E-state index is 13.7. The predicted molar refractivity (Wildman–Crippen MR) is 117 cm³/mol. The van der Waals surface area contributed by atoms with Crippen LogP contribution in [-0.2, 0) is 11.3 Å². The Morgan fingerprint density at radius 3 is 2.22 bits per heavy atom. The Bertz CT molecular complexity index is 634. The highest BCUT2D eigenvalue weighted by Gasteiger charge is 2.12. The van der Waals surface area contributed by atoms with Crippen LogP contribution in [0.5, 0.6) is 0 Å². The topological polar surface area (TPSA) is 45.2 Å². The van der Waals surface area contributed by atoms with Gasteiger partial charge in [-0.15, -0.1) is 11.3 Å². The van der Waals surface area contributed by atoms with Crippen LogP contribution in [0.25, 0.3) is 10.6 Å². The van der Waals surface area contributed by atoms with Gasteiger partial charge in [0.25, 0.3) is 0 Å². The summed E-state index contributed by atoms with van der Waals surface area (Å²) < 4.78 is 13.7. The van der Waals surface area contributed by atoms with Crippen LogP contribution in [0, 0.1) is 12.7 Å². The molecule has 0 atom stereocenters. The number of rotatable bonds is 5. The summed E-state index contributed by atoms with van der Waals surface area (Å²) in [7, 11) is 3.99. The molecule has 1 N–H and O–H groups in total. The fourth-order valence-corrected chi connectivity index (χ4v) is 3.01. The molecule has 2 rings (SSSR count). The standard InChI is InChI=1S/C12H12ClFN2S.C5H13N.C2H6.CH2O/c1-7-11(6-15-2)17-12(16-7)9-4-3-8(13)5-10(9)14;1-4-6(3)5-2;2*1-2/h3-5,15H,6H2,1-2H3;4-5H2,1-3H3;1-2H3;1H2. The van der Waals surface area contributed by atoms with Gasteiger partial charge in [0.15, 0.2) is 0 Å². The van der Waals surface area contributed by atoms with Crippen molar-refractivity contribution in [3.8, 4) is 10.6 Å². The van der Waals surface area contributed by atoms with Crippen LogP contribution in [0.15, 0.2) is 18.2 Å². The lowest BCUT2D eigenvalue weighted by Gasteiger charge is -2.07. The Kier molecular flexibility index (Phi) is 17.4. The van der Waals surface area contributed by atoms with Crippen molar-refractivity contribution in [2.45, 2.75) is 41.2 Å². The van der Waals surface area contributed by atoms with Gasteiger partial charge in [-0.1, -0.05) is 39.3 Å². The zero-order valence-corrected chi connectivity index (χ0v) is 19.1. The van der Waals surface area contributed by atoms with Gasteiger partial charge < -0.3 is 15.0 Å². The molecule has 1 aromatic heterocycles. The van der Waals surface area contributed by atoms with E-state index in [9.17, 15) is 4.39 Å². The van der Waals surface area contributed by atoms with Crippen molar-refractivity contribution < 1.29 is 9.18 Å². The van der Waals surface area contributed by atoms with E-state index in [4.69, 9.17) is 16.4 Å². The van der Waals surface area contributed by atoms with E-state index in [0.717, 1.165) is 30.2 Å². The monoisotopic (exact) mass is 417 g/mol. The molecule has 1 aromatic carbocycles. The minimum absolute atomic E-state index is 0.331. The lowest BCUT2D eigenvalue weighted by Crippen LogP contribution is -2.15. The highest BCUT2D eigenvalue weighted by atomic mass is 35.5. The highest BCUT2D eigenvalue weighted by molar-refractivity contribution is 7.15. The van der Waals surface area contributed by atoms with Crippen molar-refractivity contribution in [3.63, 3.8) is 0 Å². The molecule has 0 aliphatic heterocycles. The number of carbonyl (C=O) groups is 1. The Morgan fingerprint density at radius 1 is 1.26 bits per heavy atom. The van der Waals surface area contributed by atoms with E-state index in [-0.39, 0.29) is 5.82 Å². The molecule has 7 heteroatoms. The molecule has 4 nitrogen and oxygen atoms in total. The maximum atomic E-state index is 13.7. The van der Waals surface area contributed by atoms with Gasteiger partial charge in [0.05, 0.1) is 5.69 Å². The fraction of sp³-hybridized carbons (Fsp3) is 0.500. The van der Waals surface area contributed by atoms with Crippen molar-refractivity contribution in [3.05, 3.63) is 39.6 Å². The van der Waals surface area contributed by atoms with E-state index in [2.05, 4.69) is 36.1 Å². The third kappa shape index (κ3) is 10.5. The molecule has 27 heavy (non-hydrogen) atoms. The lowest BCUT2D eigenvalue weighted by atomic mass is 10.2. The molecular weight excluding hydrogens is 385 g/mol. The normalized spacial score (nSPS) is 9.41. The van der Waals surface area contributed by atoms with E-state index in [1.807, 2.05) is 34.6 Å². The van der Waals surface area contributed by atoms with E-state index < -0.39 is 0 Å². The number of thiazole rings is 1. The van der Waals surface area contributed by atoms with Gasteiger partial charge in [0.1, 0.15) is 17.6 Å². The molecule has 1 heterocycles. The molecule has 0 aliphatic rings. The summed E-state index contributed by atoms with van der Waals surface area (Å²) in [5.74, 6) is -0.331. The van der Waals surface area contributed by atoms with Gasteiger partial charge >= 0.3 is 0 Å². The van der Waals surface area contributed by atoms with Crippen LogP contribution in [0.4, 0.5) is 4.39 Å². The molecular formula is C20H33ClFN3OS. The van der Waals surface area contributed by atoms with Gasteiger partial charge in [0.2, 0.25) is 0 Å². The molecule has 0 unspecified atom stereocenters. The lowest BCUT2D eigenvalue weighted by molar-refractivity contribution is -0.0979. The first-order valence-electron chi connectivity index (χ1n) is 8.96. The Morgan fingerprint density at radius 2 is 1.81 bits per heavy atom. The van der Waals surface area contributed by atoms with Gasteiger partial charge in [-0.05, 0) is 52.3 Å². The highest BCUT2D eigenvalue weighted by Crippen LogP contribution is 2.30. The summed E-state index contributed by atoms with van der Waals surface area (Å²) in [5.41, 5.74) is 1.44. The Hall–Kier alpha value is -1.34. The van der Waals surface area contributed by atoms with Crippen molar-refractivity contribution in [1.82, 2.24) is 15.2 Å². The number of nitrogens with zero attached hydrogens (tertiary/aromatic N) is 2. The number of carbonyl (C=O) groups excluding carboxylic acids is 1. The summed E-state index contributed by atoms with van der Waals surface area (Å²) in [6.07, 6.45) is 0. The first-order valence-corrected chi connectivity index (χ1v) is 10.2. The first kappa shape index (κ1) is 27.9. The second kappa shape index (κ2) is 16.8. The van der Waals surface area contributed by atoms with E-state index in [1.54, 1.807) is 12.1 Å². The van der Waals surface area contributed by atoms with Crippen LogP contribution in [0.1, 0.15) is 38.3 Å². The SMILES string of the molecule is C=O.CC.CCN(C)CC.CNCc1sc(-c2ccc(Cl)cc2F)nc1C. The third-order valence-electron chi connectivity index (χ3n) is 3.47. The molecule has 0 bridgehead atoms. The largest absolute Gasteiger partial charge is 0.315 e. The average Bonchev–Trinajstić information content (AvgIpc) is 3.05. The quantitative estimate of drug-likeness (QED) is 0.704. The number of hydrogen-bond acceptors (Lipinski definition) is 5. The number of hydrogen-bond donors (Lipinski definition) is 1. The third-order valence-corrected chi connectivity index (χ3v) is 4.90. The second-order valence-electron chi connectivity index (χ2n) is 5.17. The number of aromatic nitrogens is 1. The van der Waals surface area contributed by atoms with Crippen LogP contribution in [0.2, 0.25) is 5.02 Å².